The maximum atomic E-state index is 8.56. The second-order valence-electron chi connectivity index (χ2n) is 2.87. The largest absolute Gasteiger partial charge is 0.409 e. The van der Waals surface area contributed by atoms with E-state index in [1.165, 1.54) is 0 Å². The molecule has 14 heavy (non-hydrogen) atoms. The number of aromatic nitrogens is 3. The van der Waals surface area contributed by atoms with Crippen molar-refractivity contribution in [2.24, 2.45) is 17.9 Å². The van der Waals surface area contributed by atoms with Crippen LogP contribution in [-0.2, 0) is 7.05 Å². The lowest BCUT2D eigenvalue weighted by atomic mass is 10.1. The average molecular weight is 191 g/mol. The maximum Gasteiger partial charge on any atom is 0.172 e. The van der Waals surface area contributed by atoms with Gasteiger partial charge in [0.25, 0.3) is 0 Å². The Morgan fingerprint density at radius 3 is 3.07 bits per heavy atom. The zero-order valence-electron chi connectivity index (χ0n) is 7.55. The Morgan fingerprint density at radius 2 is 2.36 bits per heavy atom. The van der Waals surface area contributed by atoms with Crippen molar-refractivity contribution in [1.29, 1.82) is 0 Å². The van der Waals surface area contributed by atoms with Gasteiger partial charge >= 0.3 is 0 Å². The quantitative estimate of drug-likeness (QED) is 0.289. The van der Waals surface area contributed by atoms with Crippen LogP contribution in [0.5, 0.6) is 0 Å². The molecular formula is C8H9N5O. The van der Waals surface area contributed by atoms with Gasteiger partial charge in [0.1, 0.15) is 5.52 Å². The Kier molecular flexibility index (Phi) is 1.81. The number of fused-ring (bicyclic) bond motifs is 1. The van der Waals surface area contributed by atoms with Gasteiger partial charge < -0.3 is 10.9 Å². The van der Waals surface area contributed by atoms with E-state index in [-0.39, 0.29) is 5.84 Å². The van der Waals surface area contributed by atoms with Crippen LogP contribution < -0.4 is 5.73 Å². The predicted molar refractivity (Wildman–Crippen MR) is 51.0 cm³/mol. The smallest absolute Gasteiger partial charge is 0.172 e. The molecule has 1 heterocycles. The Labute approximate surface area is 79.6 Å². The lowest BCUT2D eigenvalue weighted by Crippen LogP contribution is -2.13. The van der Waals surface area contributed by atoms with Crippen LogP contribution >= 0.6 is 0 Å². The molecule has 0 unspecified atom stereocenters. The summed E-state index contributed by atoms with van der Waals surface area (Å²) in [6, 6.07) is 5.40. The van der Waals surface area contributed by atoms with Crippen LogP contribution in [0.2, 0.25) is 0 Å². The highest BCUT2D eigenvalue weighted by Gasteiger charge is 2.09. The molecule has 0 spiro atoms. The number of aryl methyl sites for hydroxylation is 1. The summed E-state index contributed by atoms with van der Waals surface area (Å²) < 4.78 is 1.63. The highest BCUT2D eigenvalue weighted by Crippen LogP contribution is 2.14. The second kappa shape index (κ2) is 2.99. The zero-order chi connectivity index (χ0) is 10.1. The van der Waals surface area contributed by atoms with E-state index in [0.717, 1.165) is 5.52 Å². The van der Waals surface area contributed by atoms with E-state index in [1.54, 1.807) is 23.9 Å². The molecule has 6 heteroatoms. The molecule has 0 amide bonds. The van der Waals surface area contributed by atoms with E-state index in [9.17, 15) is 0 Å². The zero-order valence-corrected chi connectivity index (χ0v) is 7.55. The van der Waals surface area contributed by atoms with Gasteiger partial charge in [0.2, 0.25) is 0 Å². The summed E-state index contributed by atoms with van der Waals surface area (Å²) in [5, 5.41) is 19.3. The molecule has 1 aromatic carbocycles. The number of benzene rings is 1. The highest BCUT2D eigenvalue weighted by atomic mass is 16.4. The molecule has 0 aliphatic carbocycles. The van der Waals surface area contributed by atoms with Crippen molar-refractivity contribution in [3.8, 4) is 0 Å². The van der Waals surface area contributed by atoms with Crippen molar-refractivity contribution >= 4 is 16.9 Å². The summed E-state index contributed by atoms with van der Waals surface area (Å²) in [5.41, 5.74) is 7.55. The van der Waals surface area contributed by atoms with Gasteiger partial charge in [-0.3, -0.25) is 0 Å². The number of nitrogens with two attached hydrogens (primary N) is 1. The van der Waals surface area contributed by atoms with Gasteiger partial charge in [-0.15, -0.1) is 5.10 Å². The number of rotatable bonds is 1. The van der Waals surface area contributed by atoms with Crippen molar-refractivity contribution < 1.29 is 5.21 Å². The van der Waals surface area contributed by atoms with Crippen LogP contribution in [0.3, 0.4) is 0 Å². The molecule has 0 radical (unpaired) electrons. The summed E-state index contributed by atoms with van der Waals surface area (Å²) in [4.78, 5) is 0. The second-order valence-corrected chi connectivity index (χ2v) is 2.87. The first-order valence-electron chi connectivity index (χ1n) is 4.00. The Hall–Kier alpha value is -2.11. The first-order chi connectivity index (χ1) is 6.74. The Balaban J connectivity index is 2.78. The molecule has 1 aromatic heterocycles. The van der Waals surface area contributed by atoms with E-state index in [4.69, 9.17) is 10.9 Å². The van der Waals surface area contributed by atoms with Gasteiger partial charge in [0, 0.05) is 12.6 Å². The normalized spacial score (nSPS) is 12.2. The Morgan fingerprint density at radius 1 is 1.57 bits per heavy atom. The van der Waals surface area contributed by atoms with E-state index in [0.29, 0.717) is 11.1 Å². The van der Waals surface area contributed by atoms with Gasteiger partial charge in [0.15, 0.2) is 5.84 Å². The topological polar surface area (TPSA) is 89.3 Å². The van der Waals surface area contributed by atoms with Crippen LogP contribution in [0.4, 0.5) is 0 Å². The minimum atomic E-state index is 0.0381. The SMILES string of the molecule is Cn1nnc2c(/C(N)=N\O)cccc21. The van der Waals surface area contributed by atoms with Crippen molar-refractivity contribution in [3.05, 3.63) is 23.8 Å². The molecule has 3 N–H and O–H groups in total. The summed E-state index contributed by atoms with van der Waals surface area (Å²) in [5.74, 6) is 0.0381. The van der Waals surface area contributed by atoms with Gasteiger partial charge in [0.05, 0.1) is 5.52 Å². The van der Waals surface area contributed by atoms with Crippen LogP contribution in [0.25, 0.3) is 11.0 Å². The van der Waals surface area contributed by atoms with E-state index >= 15 is 0 Å². The molecule has 0 saturated heterocycles. The van der Waals surface area contributed by atoms with Gasteiger partial charge in [-0.05, 0) is 12.1 Å². The molecule has 2 rings (SSSR count). The van der Waals surface area contributed by atoms with Crippen LogP contribution in [-0.4, -0.2) is 26.0 Å². The monoisotopic (exact) mass is 191 g/mol. The number of hydrogen-bond acceptors (Lipinski definition) is 4. The van der Waals surface area contributed by atoms with Crippen LogP contribution in [0.1, 0.15) is 5.56 Å². The van der Waals surface area contributed by atoms with Gasteiger partial charge in [-0.1, -0.05) is 16.4 Å². The third-order valence-electron chi connectivity index (χ3n) is 2.03. The molecule has 0 aliphatic heterocycles. The number of oxime groups is 1. The average Bonchev–Trinajstić information content (AvgIpc) is 2.59. The summed E-state index contributed by atoms with van der Waals surface area (Å²) in [6.45, 7) is 0. The lowest BCUT2D eigenvalue weighted by molar-refractivity contribution is 0.318. The third-order valence-corrected chi connectivity index (χ3v) is 2.03. The molecule has 0 fully saturated rings. The maximum absolute atomic E-state index is 8.56. The minimum absolute atomic E-state index is 0.0381. The molecule has 0 atom stereocenters. The molecule has 0 bridgehead atoms. The standard InChI is InChI=1S/C8H9N5O/c1-13-6-4-2-3-5(8(9)11-14)7(6)10-12-13/h2-4,14H,1H3,(H2,9,11). The molecule has 72 valence electrons. The third kappa shape index (κ3) is 1.08. The Bertz CT molecular complexity index is 501. The van der Waals surface area contributed by atoms with Crippen molar-refractivity contribution in [2.75, 3.05) is 0 Å². The lowest BCUT2D eigenvalue weighted by Gasteiger charge is -1.98. The van der Waals surface area contributed by atoms with Gasteiger partial charge in [-0.25, -0.2) is 4.68 Å². The van der Waals surface area contributed by atoms with Crippen molar-refractivity contribution in [1.82, 2.24) is 15.0 Å². The fraction of sp³-hybridized carbons (Fsp3) is 0.125. The summed E-state index contributed by atoms with van der Waals surface area (Å²) in [6.07, 6.45) is 0. The molecule has 2 aromatic rings. The first-order valence-corrected chi connectivity index (χ1v) is 4.00. The number of amidine groups is 1. The molecule has 6 nitrogen and oxygen atoms in total. The first kappa shape index (κ1) is 8.49. The summed E-state index contributed by atoms with van der Waals surface area (Å²) >= 11 is 0. The van der Waals surface area contributed by atoms with Crippen LogP contribution in [0.15, 0.2) is 23.4 Å². The molecule has 0 saturated carbocycles. The van der Waals surface area contributed by atoms with E-state index in [2.05, 4.69) is 15.5 Å². The number of nitrogens with zero attached hydrogens (tertiary/aromatic N) is 4. The fourth-order valence-corrected chi connectivity index (χ4v) is 1.32. The minimum Gasteiger partial charge on any atom is -0.409 e. The number of hydrogen-bond donors (Lipinski definition) is 2. The molecular weight excluding hydrogens is 182 g/mol. The molecule has 0 aliphatic rings. The summed E-state index contributed by atoms with van der Waals surface area (Å²) in [7, 11) is 1.78. The van der Waals surface area contributed by atoms with Crippen molar-refractivity contribution in [3.63, 3.8) is 0 Å². The van der Waals surface area contributed by atoms with Crippen LogP contribution in [0, 0.1) is 0 Å². The van der Waals surface area contributed by atoms with E-state index in [1.807, 2.05) is 6.07 Å². The highest BCUT2D eigenvalue weighted by molar-refractivity contribution is 6.06. The van der Waals surface area contributed by atoms with Gasteiger partial charge in [-0.2, -0.15) is 0 Å². The predicted octanol–water partition coefficient (Wildman–Crippen LogP) is 0.0628. The van der Waals surface area contributed by atoms with E-state index < -0.39 is 0 Å². The fourth-order valence-electron chi connectivity index (χ4n) is 1.32. The van der Waals surface area contributed by atoms with Crippen molar-refractivity contribution in [2.45, 2.75) is 0 Å².